The van der Waals surface area contributed by atoms with E-state index in [0.717, 1.165) is 0 Å². The second-order valence-electron chi connectivity index (χ2n) is 5.42. The van der Waals surface area contributed by atoms with Crippen molar-refractivity contribution in [1.82, 2.24) is 10.2 Å². The predicted octanol–water partition coefficient (Wildman–Crippen LogP) is 1.26. The highest BCUT2D eigenvalue weighted by atomic mass is 16.7. The minimum Gasteiger partial charge on any atom is -0.454 e. The zero-order chi connectivity index (χ0) is 15.4. The van der Waals surface area contributed by atoms with Crippen LogP contribution in [0.3, 0.4) is 0 Å². The van der Waals surface area contributed by atoms with Crippen LogP contribution in [0.25, 0.3) is 0 Å². The summed E-state index contributed by atoms with van der Waals surface area (Å²) < 4.78 is 10.4. The summed E-state index contributed by atoms with van der Waals surface area (Å²) in [5, 5.41) is 2.62. The molecule has 1 aliphatic heterocycles. The lowest BCUT2D eigenvalue weighted by Crippen LogP contribution is -2.39. The Morgan fingerprint density at radius 2 is 2.00 bits per heavy atom. The molecule has 2 amide bonds. The minimum absolute atomic E-state index is 0.0174. The van der Waals surface area contributed by atoms with Gasteiger partial charge in [-0.2, -0.15) is 0 Å². The molecule has 0 aliphatic carbocycles. The second kappa shape index (κ2) is 6.47. The fourth-order valence-corrected chi connectivity index (χ4v) is 2.08. The van der Waals surface area contributed by atoms with Crippen LogP contribution in [0.4, 0.5) is 0 Å². The lowest BCUT2D eigenvalue weighted by molar-refractivity contribution is -0.129. The Morgan fingerprint density at radius 3 is 2.71 bits per heavy atom. The van der Waals surface area contributed by atoms with Gasteiger partial charge >= 0.3 is 0 Å². The number of carbonyl (C=O) groups is 2. The standard InChI is InChI=1S/C15H20N2O4/c1-10(2)8-17(3)14(18)7-16-15(19)11-4-5-12-13(6-11)21-9-20-12/h4-6,10H,7-9H2,1-3H3,(H,16,19). The molecule has 0 atom stereocenters. The zero-order valence-electron chi connectivity index (χ0n) is 12.5. The molecule has 21 heavy (non-hydrogen) atoms. The molecular formula is C15H20N2O4. The number of fused-ring (bicyclic) bond motifs is 1. The molecule has 1 N–H and O–H groups in total. The van der Waals surface area contributed by atoms with E-state index in [1.165, 1.54) is 0 Å². The van der Waals surface area contributed by atoms with Crippen LogP contribution >= 0.6 is 0 Å². The van der Waals surface area contributed by atoms with E-state index in [-0.39, 0.29) is 25.2 Å². The number of rotatable bonds is 5. The van der Waals surface area contributed by atoms with Crippen LogP contribution in [0.15, 0.2) is 18.2 Å². The van der Waals surface area contributed by atoms with E-state index in [9.17, 15) is 9.59 Å². The summed E-state index contributed by atoms with van der Waals surface area (Å²) in [5.74, 6) is 1.14. The van der Waals surface area contributed by atoms with Crippen molar-refractivity contribution in [3.63, 3.8) is 0 Å². The number of carbonyl (C=O) groups excluding carboxylic acids is 2. The molecule has 2 rings (SSSR count). The van der Waals surface area contributed by atoms with Crippen LogP contribution in [0.2, 0.25) is 0 Å². The van der Waals surface area contributed by atoms with Crippen LogP contribution in [0, 0.1) is 5.92 Å². The van der Waals surface area contributed by atoms with E-state index in [1.807, 2.05) is 13.8 Å². The molecule has 0 saturated carbocycles. The molecule has 0 aromatic heterocycles. The molecule has 1 heterocycles. The third-order valence-corrected chi connectivity index (χ3v) is 3.10. The number of ether oxygens (including phenoxy) is 2. The Morgan fingerprint density at radius 1 is 1.29 bits per heavy atom. The lowest BCUT2D eigenvalue weighted by Gasteiger charge is -2.19. The Balaban J connectivity index is 1.88. The van der Waals surface area contributed by atoms with E-state index in [4.69, 9.17) is 9.47 Å². The Hall–Kier alpha value is -2.24. The largest absolute Gasteiger partial charge is 0.454 e. The van der Waals surface area contributed by atoms with Crippen molar-refractivity contribution in [3.8, 4) is 11.5 Å². The van der Waals surface area contributed by atoms with Crippen LogP contribution in [-0.4, -0.2) is 43.6 Å². The number of nitrogens with zero attached hydrogens (tertiary/aromatic N) is 1. The first kappa shape index (κ1) is 15.2. The van der Waals surface area contributed by atoms with E-state index < -0.39 is 0 Å². The van der Waals surface area contributed by atoms with Gasteiger partial charge < -0.3 is 19.7 Å². The fraction of sp³-hybridized carbons (Fsp3) is 0.467. The van der Waals surface area contributed by atoms with Gasteiger partial charge in [0.15, 0.2) is 11.5 Å². The third-order valence-electron chi connectivity index (χ3n) is 3.10. The molecule has 0 unspecified atom stereocenters. The molecule has 1 aromatic rings. The van der Waals surface area contributed by atoms with Crippen molar-refractivity contribution in [1.29, 1.82) is 0 Å². The maximum atomic E-state index is 12.0. The molecule has 114 valence electrons. The summed E-state index contributed by atoms with van der Waals surface area (Å²) in [6.07, 6.45) is 0. The first-order chi connectivity index (χ1) is 9.97. The van der Waals surface area contributed by atoms with Crippen LogP contribution in [0.1, 0.15) is 24.2 Å². The summed E-state index contributed by atoms with van der Waals surface area (Å²) in [6, 6.07) is 4.94. The predicted molar refractivity (Wildman–Crippen MR) is 77.4 cm³/mol. The highest BCUT2D eigenvalue weighted by Gasteiger charge is 2.17. The van der Waals surface area contributed by atoms with Gasteiger partial charge in [-0.05, 0) is 24.1 Å². The number of hydrogen-bond acceptors (Lipinski definition) is 4. The summed E-state index contributed by atoms with van der Waals surface area (Å²) >= 11 is 0. The van der Waals surface area contributed by atoms with Gasteiger partial charge in [0.05, 0.1) is 6.54 Å². The number of benzene rings is 1. The topological polar surface area (TPSA) is 67.9 Å². The highest BCUT2D eigenvalue weighted by molar-refractivity contribution is 5.97. The molecule has 0 saturated heterocycles. The van der Waals surface area contributed by atoms with Crippen LogP contribution in [-0.2, 0) is 4.79 Å². The first-order valence-corrected chi connectivity index (χ1v) is 6.89. The normalized spacial score (nSPS) is 12.4. The highest BCUT2D eigenvalue weighted by Crippen LogP contribution is 2.32. The van der Waals surface area contributed by atoms with Gasteiger partial charge in [0, 0.05) is 19.2 Å². The lowest BCUT2D eigenvalue weighted by atomic mass is 10.2. The molecule has 1 aromatic carbocycles. The molecule has 0 radical (unpaired) electrons. The average molecular weight is 292 g/mol. The van der Waals surface area contributed by atoms with Crippen molar-refractivity contribution in [2.75, 3.05) is 26.9 Å². The van der Waals surface area contributed by atoms with Gasteiger partial charge in [-0.1, -0.05) is 13.8 Å². The van der Waals surface area contributed by atoms with Crippen molar-refractivity contribution < 1.29 is 19.1 Å². The van der Waals surface area contributed by atoms with Crippen molar-refractivity contribution in [2.45, 2.75) is 13.8 Å². The van der Waals surface area contributed by atoms with Crippen LogP contribution < -0.4 is 14.8 Å². The molecule has 0 fully saturated rings. The maximum absolute atomic E-state index is 12.0. The smallest absolute Gasteiger partial charge is 0.251 e. The van der Waals surface area contributed by atoms with E-state index in [1.54, 1.807) is 30.1 Å². The first-order valence-electron chi connectivity index (χ1n) is 6.89. The fourth-order valence-electron chi connectivity index (χ4n) is 2.08. The molecular weight excluding hydrogens is 272 g/mol. The summed E-state index contributed by atoms with van der Waals surface area (Å²) in [4.78, 5) is 25.5. The number of nitrogens with one attached hydrogen (secondary N) is 1. The quantitative estimate of drug-likeness (QED) is 0.887. The molecule has 6 nitrogen and oxygen atoms in total. The number of likely N-dealkylation sites (N-methyl/N-ethyl adjacent to an activating group) is 1. The molecule has 6 heteroatoms. The van der Waals surface area contributed by atoms with Gasteiger partial charge in [-0.15, -0.1) is 0 Å². The Bertz CT molecular complexity index is 542. The molecule has 0 bridgehead atoms. The SMILES string of the molecule is CC(C)CN(C)C(=O)CNC(=O)c1ccc2c(c1)OCO2. The van der Waals surface area contributed by atoms with Crippen molar-refractivity contribution in [3.05, 3.63) is 23.8 Å². The Labute approximate surface area is 124 Å². The van der Waals surface area contributed by atoms with E-state index in [2.05, 4.69) is 5.32 Å². The maximum Gasteiger partial charge on any atom is 0.251 e. The molecule has 0 spiro atoms. The third kappa shape index (κ3) is 3.87. The van der Waals surface area contributed by atoms with E-state index in [0.29, 0.717) is 29.5 Å². The second-order valence-corrected chi connectivity index (χ2v) is 5.42. The minimum atomic E-state index is -0.306. The van der Waals surface area contributed by atoms with Crippen LogP contribution in [0.5, 0.6) is 11.5 Å². The summed E-state index contributed by atoms with van der Waals surface area (Å²) in [7, 11) is 1.73. The Kier molecular flexibility index (Phi) is 4.67. The number of hydrogen-bond donors (Lipinski definition) is 1. The van der Waals surface area contributed by atoms with Gasteiger partial charge in [0.25, 0.3) is 5.91 Å². The van der Waals surface area contributed by atoms with Gasteiger partial charge in [0.1, 0.15) is 0 Å². The van der Waals surface area contributed by atoms with E-state index >= 15 is 0 Å². The monoisotopic (exact) mass is 292 g/mol. The van der Waals surface area contributed by atoms with Crippen molar-refractivity contribution >= 4 is 11.8 Å². The average Bonchev–Trinajstić information content (AvgIpc) is 2.90. The summed E-state index contributed by atoms with van der Waals surface area (Å²) in [5.41, 5.74) is 0.443. The van der Waals surface area contributed by atoms with Gasteiger partial charge in [0.2, 0.25) is 12.7 Å². The van der Waals surface area contributed by atoms with Gasteiger partial charge in [-0.3, -0.25) is 9.59 Å². The zero-order valence-corrected chi connectivity index (χ0v) is 12.5. The van der Waals surface area contributed by atoms with Crippen molar-refractivity contribution in [2.24, 2.45) is 5.92 Å². The summed E-state index contributed by atoms with van der Waals surface area (Å²) in [6.45, 7) is 4.89. The van der Waals surface area contributed by atoms with Gasteiger partial charge in [-0.25, -0.2) is 0 Å². The molecule has 1 aliphatic rings. The number of amides is 2.